The van der Waals surface area contributed by atoms with Crippen LogP contribution in [0.3, 0.4) is 0 Å². The Balaban J connectivity index is 2.43. The molecule has 21 heavy (non-hydrogen) atoms. The summed E-state index contributed by atoms with van der Waals surface area (Å²) in [5, 5.41) is 0. The van der Waals surface area contributed by atoms with Gasteiger partial charge in [0, 0.05) is 20.2 Å². The molecule has 0 saturated carbocycles. The molecule has 0 N–H and O–H groups in total. The van der Waals surface area contributed by atoms with E-state index in [2.05, 4.69) is 0 Å². The fraction of sp³-hybridized carbons (Fsp3) is 0.562. The second-order valence-electron chi connectivity index (χ2n) is 4.61. The minimum absolute atomic E-state index is 0.203. The van der Waals surface area contributed by atoms with Crippen LogP contribution in [0.15, 0.2) is 30.3 Å². The van der Waals surface area contributed by atoms with E-state index < -0.39 is 0 Å². The van der Waals surface area contributed by atoms with Gasteiger partial charge in [-0.3, -0.25) is 9.69 Å². The highest BCUT2D eigenvalue weighted by Gasteiger charge is 2.12. The summed E-state index contributed by atoms with van der Waals surface area (Å²) in [6.07, 6.45) is 0. The number of carbonyl (C=O) groups is 1. The fourth-order valence-corrected chi connectivity index (χ4v) is 1.88. The van der Waals surface area contributed by atoms with Crippen LogP contribution in [0.1, 0.15) is 12.5 Å². The smallest absolute Gasteiger partial charge is 0.320 e. The van der Waals surface area contributed by atoms with E-state index in [4.69, 9.17) is 14.2 Å². The van der Waals surface area contributed by atoms with E-state index in [9.17, 15) is 4.79 Å². The number of hydrogen-bond donors (Lipinski definition) is 0. The normalized spacial score (nSPS) is 10.8. The summed E-state index contributed by atoms with van der Waals surface area (Å²) in [5.74, 6) is -0.203. The number of carbonyl (C=O) groups excluding carboxylic acids is 1. The van der Waals surface area contributed by atoms with Crippen LogP contribution in [0.4, 0.5) is 0 Å². The van der Waals surface area contributed by atoms with Gasteiger partial charge in [-0.05, 0) is 12.5 Å². The lowest BCUT2D eigenvalue weighted by Gasteiger charge is -2.21. The summed E-state index contributed by atoms with van der Waals surface area (Å²) in [5.41, 5.74) is 1.17. The molecule has 0 aliphatic carbocycles. The van der Waals surface area contributed by atoms with Gasteiger partial charge in [0.15, 0.2) is 0 Å². The molecule has 1 aromatic rings. The van der Waals surface area contributed by atoms with Crippen LogP contribution in [0.25, 0.3) is 0 Å². The van der Waals surface area contributed by atoms with Crippen molar-refractivity contribution < 1.29 is 19.0 Å². The molecule has 0 aliphatic heterocycles. The quantitative estimate of drug-likeness (QED) is 0.459. The molecule has 0 aliphatic rings. The predicted octanol–water partition coefficient (Wildman–Crippen LogP) is 1.71. The lowest BCUT2D eigenvalue weighted by molar-refractivity contribution is -0.144. The molecule has 1 rings (SSSR count). The number of esters is 1. The Hall–Kier alpha value is -1.43. The Kier molecular flexibility index (Phi) is 9.44. The first-order chi connectivity index (χ1) is 10.3. The van der Waals surface area contributed by atoms with E-state index >= 15 is 0 Å². The van der Waals surface area contributed by atoms with Crippen molar-refractivity contribution in [1.82, 2.24) is 4.90 Å². The van der Waals surface area contributed by atoms with Gasteiger partial charge in [-0.1, -0.05) is 30.3 Å². The number of methoxy groups -OCH3 is 1. The van der Waals surface area contributed by atoms with E-state index in [1.807, 2.05) is 42.2 Å². The minimum Gasteiger partial charge on any atom is -0.465 e. The van der Waals surface area contributed by atoms with Crippen LogP contribution in [0.2, 0.25) is 0 Å². The summed E-state index contributed by atoms with van der Waals surface area (Å²) in [7, 11) is 1.64. The van der Waals surface area contributed by atoms with Crippen molar-refractivity contribution >= 4 is 5.97 Å². The number of hydrogen-bond acceptors (Lipinski definition) is 5. The minimum atomic E-state index is -0.203. The first kappa shape index (κ1) is 17.6. The molecule has 0 amide bonds. The van der Waals surface area contributed by atoms with E-state index in [0.29, 0.717) is 39.5 Å². The van der Waals surface area contributed by atoms with Gasteiger partial charge in [-0.15, -0.1) is 0 Å². The van der Waals surface area contributed by atoms with Crippen molar-refractivity contribution in [1.29, 1.82) is 0 Å². The van der Waals surface area contributed by atoms with Crippen molar-refractivity contribution in [2.24, 2.45) is 0 Å². The topological polar surface area (TPSA) is 48.0 Å². The summed E-state index contributed by atoms with van der Waals surface area (Å²) < 4.78 is 15.4. The molecule has 0 aromatic heterocycles. The Labute approximate surface area is 126 Å². The number of nitrogens with zero attached hydrogens (tertiary/aromatic N) is 1. The average Bonchev–Trinajstić information content (AvgIpc) is 2.48. The molecule has 0 spiro atoms. The molecule has 0 fully saturated rings. The van der Waals surface area contributed by atoms with Crippen LogP contribution in [-0.2, 0) is 25.5 Å². The van der Waals surface area contributed by atoms with Gasteiger partial charge in [0.1, 0.15) is 0 Å². The third-order valence-corrected chi connectivity index (χ3v) is 2.89. The van der Waals surface area contributed by atoms with Crippen LogP contribution in [-0.4, -0.2) is 57.5 Å². The van der Waals surface area contributed by atoms with Crippen molar-refractivity contribution in [2.45, 2.75) is 13.5 Å². The molecule has 0 saturated heterocycles. The molecule has 0 atom stereocenters. The summed E-state index contributed by atoms with van der Waals surface area (Å²) in [4.78, 5) is 13.7. The van der Waals surface area contributed by atoms with Crippen molar-refractivity contribution in [3.63, 3.8) is 0 Å². The van der Waals surface area contributed by atoms with Gasteiger partial charge >= 0.3 is 5.97 Å². The highest BCUT2D eigenvalue weighted by atomic mass is 16.5. The lowest BCUT2D eigenvalue weighted by Crippen LogP contribution is -2.33. The third kappa shape index (κ3) is 8.45. The Morgan fingerprint density at radius 1 is 1.14 bits per heavy atom. The van der Waals surface area contributed by atoms with Crippen molar-refractivity contribution in [2.75, 3.05) is 46.6 Å². The highest BCUT2D eigenvalue weighted by molar-refractivity contribution is 5.71. The lowest BCUT2D eigenvalue weighted by atomic mass is 10.2. The maximum Gasteiger partial charge on any atom is 0.320 e. The number of benzene rings is 1. The first-order valence-corrected chi connectivity index (χ1v) is 7.24. The van der Waals surface area contributed by atoms with Gasteiger partial charge in [0.05, 0.1) is 33.0 Å². The average molecular weight is 295 g/mol. The molecule has 0 bridgehead atoms. The summed E-state index contributed by atoms with van der Waals surface area (Å²) in [6.45, 7) is 5.58. The van der Waals surface area contributed by atoms with E-state index in [1.165, 1.54) is 5.56 Å². The second-order valence-corrected chi connectivity index (χ2v) is 4.61. The predicted molar refractivity (Wildman–Crippen MR) is 81.0 cm³/mol. The van der Waals surface area contributed by atoms with Gasteiger partial charge in [0.25, 0.3) is 0 Å². The van der Waals surface area contributed by atoms with E-state index in [1.54, 1.807) is 7.11 Å². The number of rotatable bonds is 11. The standard InChI is InChI=1S/C16H25NO4/c1-3-21-16(18)14-17(9-10-20-12-11-19-2)13-15-7-5-4-6-8-15/h4-8H,3,9-14H2,1-2H3. The zero-order valence-corrected chi connectivity index (χ0v) is 12.9. The summed E-state index contributed by atoms with van der Waals surface area (Å²) >= 11 is 0. The van der Waals surface area contributed by atoms with Gasteiger partial charge in [-0.2, -0.15) is 0 Å². The fourth-order valence-electron chi connectivity index (χ4n) is 1.88. The zero-order chi connectivity index (χ0) is 15.3. The maximum absolute atomic E-state index is 11.7. The van der Waals surface area contributed by atoms with Crippen LogP contribution < -0.4 is 0 Å². The second kappa shape index (κ2) is 11.3. The maximum atomic E-state index is 11.7. The molecule has 0 heterocycles. The van der Waals surface area contributed by atoms with Gasteiger partial charge in [0.2, 0.25) is 0 Å². The monoisotopic (exact) mass is 295 g/mol. The SMILES string of the molecule is CCOC(=O)CN(CCOCCOC)Cc1ccccc1. The molecule has 0 radical (unpaired) electrons. The van der Waals surface area contributed by atoms with Crippen LogP contribution in [0, 0.1) is 0 Å². The molecular formula is C16H25NO4. The van der Waals surface area contributed by atoms with Gasteiger partial charge in [-0.25, -0.2) is 0 Å². The number of ether oxygens (including phenoxy) is 3. The van der Waals surface area contributed by atoms with E-state index in [-0.39, 0.29) is 12.5 Å². The Bertz CT molecular complexity index is 383. The Morgan fingerprint density at radius 3 is 2.57 bits per heavy atom. The summed E-state index contributed by atoms with van der Waals surface area (Å²) in [6, 6.07) is 10.1. The van der Waals surface area contributed by atoms with Crippen molar-refractivity contribution in [3.8, 4) is 0 Å². The first-order valence-electron chi connectivity index (χ1n) is 7.24. The largest absolute Gasteiger partial charge is 0.465 e. The molecular weight excluding hydrogens is 270 g/mol. The molecule has 0 unspecified atom stereocenters. The molecule has 1 aromatic carbocycles. The third-order valence-electron chi connectivity index (χ3n) is 2.89. The van der Waals surface area contributed by atoms with E-state index in [0.717, 1.165) is 0 Å². The van der Waals surface area contributed by atoms with Crippen LogP contribution in [0.5, 0.6) is 0 Å². The molecule has 5 heteroatoms. The Morgan fingerprint density at radius 2 is 1.90 bits per heavy atom. The zero-order valence-electron chi connectivity index (χ0n) is 12.9. The van der Waals surface area contributed by atoms with Crippen LogP contribution >= 0.6 is 0 Å². The molecule has 118 valence electrons. The molecule has 5 nitrogen and oxygen atoms in total. The highest BCUT2D eigenvalue weighted by Crippen LogP contribution is 2.04. The van der Waals surface area contributed by atoms with Crippen molar-refractivity contribution in [3.05, 3.63) is 35.9 Å². The van der Waals surface area contributed by atoms with Gasteiger partial charge < -0.3 is 14.2 Å².